The number of allylic oxidation sites excluding steroid dienone is 1. The van der Waals surface area contributed by atoms with Crippen LogP contribution in [0.5, 0.6) is 5.88 Å². The van der Waals surface area contributed by atoms with Gasteiger partial charge in [-0.25, -0.2) is 19.9 Å². The number of rotatable bonds is 9. The number of aromatic nitrogens is 6. The maximum absolute atomic E-state index is 12.9. The number of alkyl halides is 3. The number of hydrogen-bond acceptors (Lipinski definition) is 10. The molecule has 4 aromatic rings. The zero-order valence-electron chi connectivity index (χ0n) is 21.1. The molecule has 13 heteroatoms. The number of aliphatic imine (C=N–C) groups is 1. The summed E-state index contributed by atoms with van der Waals surface area (Å²) in [5.41, 5.74) is 2.48. The van der Waals surface area contributed by atoms with E-state index in [9.17, 15) is 13.2 Å². The fourth-order valence-electron chi connectivity index (χ4n) is 3.94. The maximum Gasteiger partial charge on any atom is 0.434 e. The minimum absolute atomic E-state index is 0.232. The van der Waals surface area contributed by atoms with E-state index in [4.69, 9.17) is 9.26 Å². The van der Waals surface area contributed by atoms with Gasteiger partial charge in [0.25, 0.3) is 5.89 Å². The molecule has 0 saturated heterocycles. The van der Waals surface area contributed by atoms with E-state index >= 15 is 0 Å². The molecule has 0 N–H and O–H groups in total. The fraction of sp³-hybridized carbons (Fsp3) is 0.269. The van der Waals surface area contributed by atoms with Crippen molar-refractivity contribution in [2.75, 3.05) is 14.2 Å². The Hall–Kier alpha value is -4.68. The van der Waals surface area contributed by atoms with E-state index in [2.05, 4.69) is 41.8 Å². The van der Waals surface area contributed by atoms with Gasteiger partial charge in [-0.2, -0.15) is 18.2 Å². The Morgan fingerprint density at radius 3 is 2.44 bits per heavy atom. The molecule has 0 atom stereocenters. The Morgan fingerprint density at radius 2 is 1.82 bits per heavy atom. The van der Waals surface area contributed by atoms with Gasteiger partial charge in [0.2, 0.25) is 11.7 Å². The van der Waals surface area contributed by atoms with Crippen LogP contribution in [0.25, 0.3) is 34.2 Å². The fourth-order valence-corrected chi connectivity index (χ4v) is 3.94. The van der Waals surface area contributed by atoms with Gasteiger partial charge < -0.3 is 14.2 Å². The molecule has 0 spiro atoms. The molecule has 10 nitrogen and oxygen atoms in total. The molecule has 0 amide bonds. The average molecular weight is 537 g/mol. The van der Waals surface area contributed by atoms with Crippen molar-refractivity contribution < 1.29 is 22.4 Å². The van der Waals surface area contributed by atoms with Crippen molar-refractivity contribution in [1.29, 1.82) is 0 Å². The van der Waals surface area contributed by atoms with E-state index in [1.165, 1.54) is 18.3 Å². The second-order valence-corrected chi connectivity index (χ2v) is 8.92. The third kappa shape index (κ3) is 5.76. The first-order valence-corrected chi connectivity index (χ1v) is 11.9. The summed E-state index contributed by atoms with van der Waals surface area (Å²) in [6.45, 7) is 3.22. The zero-order chi connectivity index (χ0) is 27.6. The Kier molecular flexibility index (Phi) is 7.05. The van der Waals surface area contributed by atoms with Gasteiger partial charge in [0.15, 0.2) is 11.5 Å². The predicted molar refractivity (Wildman–Crippen MR) is 135 cm³/mol. The van der Waals surface area contributed by atoms with Crippen LogP contribution in [0.1, 0.15) is 30.0 Å². The normalized spacial score (nSPS) is 13.8. The van der Waals surface area contributed by atoms with Gasteiger partial charge in [0.05, 0.1) is 18.4 Å². The lowest BCUT2D eigenvalue weighted by molar-refractivity contribution is -0.0933. The van der Waals surface area contributed by atoms with E-state index in [-0.39, 0.29) is 12.4 Å². The van der Waals surface area contributed by atoms with Crippen molar-refractivity contribution in [2.24, 2.45) is 4.99 Å². The third-order valence-electron chi connectivity index (χ3n) is 6.00. The third-order valence-corrected chi connectivity index (χ3v) is 6.00. The highest BCUT2D eigenvalue weighted by Crippen LogP contribution is 2.44. The molecule has 0 unspecified atom stereocenters. The first-order chi connectivity index (χ1) is 18.8. The Bertz CT molecular complexity index is 1500. The molecule has 0 radical (unpaired) electrons. The van der Waals surface area contributed by atoms with Crippen LogP contribution in [0.2, 0.25) is 0 Å². The second-order valence-electron chi connectivity index (χ2n) is 8.92. The summed E-state index contributed by atoms with van der Waals surface area (Å²) in [6, 6.07) is 7.07. The van der Waals surface area contributed by atoms with E-state index in [1.807, 2.05) is 0 Å². The largest absolute Gasteiger partial charge is 0.480 e. The molecule has 1 aliphatic carbocycles. The first kappa shape index (κ1) is 25.9. The van der Waals surface area contributed by atoms with Crippen molar-refractivity contribution in [3.05, 3.63) is 66.1 Å². The highest BCUT2D eigenvalue weighted by molar-refractivity contribution is 5.67. The van der Waals surface area contributed by atoms with E-state index in [1.54, 1.807) is 43.8 Å². The van der Waals surface area contributed by atoms with Crippen LogP contribution in [-0.2, 0) is 6.54 Å². The number of hydrogen-bond donors (Lipinski definition) is 0. The lowest BCUT2D eigenvalue weighted by atomic mass is 10.1. The standard InChI is InChI=1S/C26H23F3N8O2/c1-30-19(26(27,28)29)13-37(2)12-15-4-6-17(7-5-15)22-35-24(39-36-22)18-10-31-23(32-11-18)20-21(16-8-9-16)33-14-34-25(20)38-3/h4-7,10-11,13-14,16H,1,8-9,12H2,2-3H3/b19-13-. The molecule has 3 aromatic heterocycles. The molecule has 200 valence electrons. The van der Waals surface area contributed by atoms with Crippen molar-refractivity contribution in [3.8, 4) is 40.1 Å². The van der Waals surface area contributed by atoms with Gasteiger partial charge in [-0.3, -0.25) is 4.99 Å². The highest BCUT2D eigenvalue weighted by atomic mass is 19.4. The van der Waals surface area contributed by atoms with E-state index < -0.39 is 11.9 Å². The minimum atomic E-state index is -4.57. The Labute approximate surface area is 221 Å². The molecule has 0 aliphatic heterocycles. The van der Waals surface area contributed by atoms with Crippen LogP contribution in [-0.4, -0.2) is 62.0 Å². The SMILES string of the molecule is C=N/C(=C\N(C)Cc1ccc(-c2noc(-c3cnc(-c4c(OC)ncnc4C4CC4)nc3)n2)cc1)C(F)(F)F. The van der Waals surface area contributed by atoms with Gasteiger partial charge >= 0.3 is 6.18 Å². The average Bonchev–Trinajstić information content (AvgIpc) is 3.67. The van der Waals surface area contributed by atoms with E-state index in [0.29, 0.717) is 40.1 Å². The molecule has 5 rings (SSSR count). The molecule has 1 saturated carbocycles. The molecule has 1 aromatic carbocycles. The number of halogens is 3. The van der Waals surface area contributed by atoms with Gasteiger partial charge in [0.1, 0.15) is 11.9 Å². The van der Waals surface area contributed by atoms with Crippen LogP contribution >= 0.6 is 0 Å². The van der Waals surface area contributed by atoms with Crippen LogP contribution in [0.4, 0.5) is 13.2 Å². The molecule has 0 bridgehead atoms. The Balaban J connectivity index is 1.30. The quantitative estimate of drug-likeness (QED) is 0.270. The lowest BCUT2D eigenvalue weighted by Gasteiger charge is -2.16. The summed E-state index contributed by atoms with van der Waals surface area (Å²) in [4.78, 5) is 26.5. The first-order valence-electron chi connectivity index (χ1n) is 11.9. The van der Waals surface area contributed by atoms with Crippen molar-refractivity contribution >= 4 is 6.72 Å². The van der Waals surface area contributed by atoms with Crippen LogP contribution in [0.15, 0.2) is 64.4 Å². The van der Waals surface area contributed by atoms with Gasteiger partial charge in [0, 0.05) is 43.7 Å². The van der Waals surface area contributed by atoms with Crippen molar-refractivity contribution in [2.45, 2.75) is 31.5 Å². The summed E-state index contributed by atoms with van der Waals surface area (Å²) in [6.07, 6.45) is 3.10. The van der Waals surface area contributed by atoms with E-state index in [0.717, 1.165) is 30.3 Å². The van der Waals surface area contributed by atoms with Gasteiger partial charge in [-0.1, -0.05) is 29.4 Å². The van der Waals surface area contributed by atoms with Crippen LogP contribution in [0.3, 0.4) is 0 Å². The maximum atomic E-state index is 12.9. The second kappa shape index (κ2) is 10.6. The summed E-state index contributed by atoms with van der Waals surface area (Å²) < 4.78 is 49.5. The molecule has 1 fully saturated rings. The number of nitrogens with zero attached hydrogens (tertiary/aromatic N) is 8. The lowest BCUT2D eigenvalue weighted by Crippen LogP contribution is -2.17. The zero-order valence-corrected chi connectivity index (χ0v) is 21.1. The summed E-state index contributed by atoms with van der Waals surface area (Å²) in [5.74, 6) is 1.80. The number of benzene rings is 1. The van der Waals surface area contributed by atoms with Crippen LogP contribution in [0, 0.1) is 0 Å². The van der Waals surface area contributed by atoms with Crippen molar-refractivity contribution in [1.82, 2.24) is 35.0 Å². The van der Waals surface area contributed by atoms with Gasteiger partial charge in [-0.15, -0.1) is 0 Å². The topological polar surface area (TPSA) is 115 Å². The monoisotopic (exact) mass is 536 g/mol. The summed E-state index contributed by atoms with van der Waals surface area (Å²) >= 11 is 0. The summed E-state index contributed by atoms with van der Waals surface area (Å²) in [5, 5.41) is 4.04. The molecule has 3 heterocycles. The van der Waals surface area contributed by atoms with Crippen LogP contribution < -0.4 is 4.74 Å². The smallest absolute Gasteiger partial charge is 0.434 e. The summed E-state index contributed by atoms with van der Waals surface area (Å²) in [7, 11) is 3.07. The molecular weight excluding hydrogens is 513 g/mol. The number of methoxy groups -OCH3 is 1. The Morgan fingerprint density at radius 1 is 1.10 bits per heavy atom. The van der Waals surface area contributed by atoms with Gasteiger partial charge in [-0.05, 0) is 25.1 Å². The molecular formula is C26H23F3N8O2. The number of ether oxygens (including phenoxy) is 1. The van der Waals surface area contributed by atoms with Crippen molar-refractivity contribution in [3.63, 3.8) is 0 Å². The molecule has 39 heavy (non-hydrogen) atoms. The highest BCUT2D eigenvalue weighted by Gasteiger charge is 2.34. The molecule has 1 aliphatic rings. The predicted octanol–water partition coefficient (Wildman–Crippen LogP) is 5.07. The minimum Gasteiger partial charge on any atom is -0.480 e.